The first-order valence-electron chi connectivity index (χ1n) is 10.9. The summed E-state index contributed by atoms with van der Waals surface area (Å²) < 4.78 is 5.16. The van der Waals surface area contributed by atoms with E-state index in [1.807, 2.05) is 4.90 Å². The fourth-order valence-electron chi connectivity index (χ4n) is 3.76. The van der Waals surface area contributed by atoms with Gasteiger partial charge in [0.1, 0.15) is 5.60 Å². The van der Waals surface area contributed by atoms with Crippen LogP contribution in [0.25, 0.3) is 0 Å². The van der Waals surface area contributed by atoms with Crippen LogP contribution in [0.4, 0.5) is 4.79 Å². The van der Waals surface area contributed by atoms with Crippen molar-refractivity contribution < 1.29 is 19.1 Å². The normalized spacial score (nSPS) is 18.2. The second-order valence-electron chi connectivity index (χ2n) is 9.11. The van der Waals surface area contributed by atoms with Crippen LogP contribution >= 0.6 is 0 Å². The average molecular weight is 408 g/mol. The van der Waals surface area contributed by atoms with E-state index in [1.54, 1.807) is 26.8 Å². The summed E-state index contributed by atoms with van der Waals surface area (Å²) in [7, 11) is 0. The molecular formula is C22H37N3O4. The minimum absolute atomic E-state index is 0.0219. The van der Waals surface area contributed by atoms with E-state index in [4.69, 9.17) is 4.74 Å². The van der Waals surface area contributed by atoms with E-state index in [1.165, 1.54) is 24.8 Å². The third kappa shape index (κ3) is 9.33. The SMILES string of the molecule is CC(C)(C)OC(=O)NCCC(=O)N1CCC(CNC(=O)C=C2CCCCC2)CC1. The predicted molar refractivity (Wildman–Crippen MR) is 112 cm³/mol. The van der Waals surface area contributed by atoms with Gasteiger partial charge in [-0.15, -0.1) is 0 Å². The number of ether oxygens (including phenoxy) is 1. The number of hydrogen-bond acceptors (Lipinski definition) is 4. The first kappa shape index (κ1) is 23.2. The van der Waals surface area contributed by atoms with E-state index in [2.05, 4.69) is 10.6 Å². The summed E-state index contributed by atoms with van der Waals surface area (Å²) in [5.74, 6) is 0.479. The summed E-state index contributed by atoms with van der Waals surface area (Å²) in [6, 6.07) is 0. The van der Waals surface area contributed by atoms with Crippen LogP contribution in [-0.4, -0.2) is 54.6 Å². The third-order valence-corrected chi connectivity index (χ3v) is 5.37. The minimum Gasteiger partial charge on any atom is -0.444 e. The van der Waals surface area contributed by atoms with Gasteiger partial charge in [0.05, 0.1) is 0 Å². The fraction of sp³-hybridized carbons (Fsp3) is 0.773. The number of likely N-dealkylation sites (tertiary alicyclic amines) is 1. The maximum absolute atomic E-state index is 12.3. The molecule has 29 heavy (non-hydrogen) atoms. The van der Waals surface area contributed by atoms with Crippen LogP contribution in [-0.2, 0) is 14.3 Å². The molecule has 7 nitrogen and oxygen atoms in total. The molecule has 0 aromatic rings. The Hall–Kier alpha value is -2.05. The molecule has 1 saturated carbocycles. The van der Waals surface area contributed by atoms with E-state index in [0.29, 0.717) is 25.6 Å². The average Bonchev–Trinajstić information content (AvgIpc) is 2.66. The van der Waals surface area contributed by atoms with Gasteiger partial charge in [-0.2, -0.15) is 0 Å². The molecule has 0 aromatic heterocycles. The van der Waals surface area contributed by atoms with Crippen molar-refractivity contribution >= 4 is 17.9 Å². The molecule has 0 spiro atoms. The summed E-state index contributed by atoms with van der Waals surface area (Å²) in [5.41, 5.74) is 0.729. The lowest BCUT2D eigenvalue weighted by Crippen LogP contribution is -2.42. The number of rotatable bonds is 6. The quantitative estimate of drug-likeness (QED) is 0.662. The molecule has 0 atom stereocenters. The van der Waals surface area contributed by atoms with E-state index < -0.39 is 11.7 Å². The summed E-state index contributed by atoms with van der Waals surface area (Å²) in [6.45, 7) is 7.76. The lowest BCUT2D eigenvalue weighted by Gasteiger charge is -2.32. The number of piperidine rings is 1. The molecule has 7 heteroatoms. The Kier molecular flexibility index (Phi) is 8.99. The fourth-order valence-corrected chi connectivity index (χ4v) is 3.76. The highest BCUT2D eigenvalue weighted by Gasteiger charge is 2.23. The summed E-state index contributed by atoms with van der Waals surface area (Å²) in [5, 5.41) is 5.65. The topological polar surface area (TPSA) is 87.7 Å². The first-order chi connectivity index (χ1) is 13.7. The number of hydrogen-bond donors (Lipinski definition) is 2. The lowest BCUT2D eigenvalue weighted by molar-refractivity contribution is -0.132. The van der Waals surface area contributed by atoms with Crippen molar-refractivity contribution in [2.75, 3.05) is 26.2 Å². The zero-order chi connectivity index (χ0) is 21.3. The van der Waals surface area contributed by atoms with Gasteiger partial charge in [0, 0.05) is 38.7 Å². The number of carbonyl (C=O) groups excluding carboxylic acids is 3. The van der Waals surface area contributed by atoms with Crippen molar-refractivity contribution in [1.82, 2.24) is 15.5 Å². The van der Waals surface area contributed by atoms with Gasteiger partial charge in [-0.3, -0.25) is 9.59 Å². The van der Waals surface area contributed by atoms with Crippen LogP contribution in [0.5, 0.6) is 0 Å². The second kappa shape index (κ2) is 11.2. The molecule has 2 aliphatic rings. The number of allylic oxidation sites excluding steroid dienone is 1. The van der Waals surface area contributed by atoms with Crippen molar-refractivity contribution in [3.63, 3.8) is 0 Å². The predicted octanol–water partition coefficient (Wildman–Crippen LogP) is 3.15. The van der Waals surface area contributed by atoms with Gasteiger partial charge in [0.15, 0.2) is 0 Å². The second-order valence-corrected chi connectivity index (χ2v) is 9.11. The molecular weight excluding hydrogens is 370 g/mol. The molecule has 1 aliphatic carbocycles. The van der Waals surface area contributed by atoms with E-state index in [0.717, 1.165) is 25.7 Å². The molecule has 2 fully saturated rings. The Morgan fingerprint density at radius 3 is 2.34 bits per heavy atom. The molecule has 2 N–H and O–H groups in total. The number of nitrogens with zero attached hydrogens (tertiary/aromatic N) is 1. The molecule has 0 bridgehead atoms. The molecule has 3 amide bonds. The summed E-state index contributed by atoms with van der Waals surface area (Å²) in [6.07, 6.45) is 9.11. The van der Waals surface area contributed by atoms with Crippen LogP contribution in [0.3, 0.4) is 0 Å². The molecule has 1 heterocycles. The number of alkyl carbamates (subject to hydrolysis) is 1. The molecule has 2 rings (SSSR count). The summed E-state index contributed by atoms with van der Waals surface area (Å²) in [4.78, 5) is 37.9. The van der Waals surface area contributed by atoms with E-state index in [9.17, 15) is 14.4 Å². The van der Waals surface area contributed by atoms with Crippen molar-refractivity contribution in [2.45, 2.75) is 77.7 Å². The Morgan fingerprint density at radius 1 is 1.07 bits per heavy atom. The Bertz CT molecular complexity index is 594. The van der Waals surface area contributed by atoms with Crippen LogP contribution in [0.15, 0.2) is 11.6 Å². The first-order valence-corrected chi connectivity index (χ1v) is 10.9. The van der Waals surface area contributed by atoms with E-state index in [-0.39, 0.29) is 24.8 Å². The Labute approximate surface area is 174 Å². The largest absolute Gasteiger partial charge is 0.444 e. The van der Waals surface area contributed by atoms with Gasteiger partial charge in [-0.05, 0) is 65.2 Å². The highest BCUT2D eigenvalue weighted by Crippen LogP contribution is 2.22. The van der Waals surface area contributed by atoms with Gasteiger partial charge in [-0.25, -0.2) is 4.79 Å². The van der Waals surface area contributed by atoms with Gasteiger partial charge in [0.2, 0.25) is 11.8 Å². The van der Waals surface area contributed by atoms with Gasteiger partial charge in [-0.1, -0.05) is 12.0 Å². The third-order valence-electron chi connectivity index (χ3n) is 5.37. The van der Waals surface area contributed by atoms with Crippen molar-refractivity contribution in [3.8, 4) is 0 Å². The van der Waals surface area contributed by atoms with E-state index >= 15 is 0 Å². The standard InChI is InChI=1S/C22H37N3O4/c1-22(2,3)29-21(28)23-12-9-20(27)25-13-10-18(11-14-25)16-24-19(26)15-17-7-5-4-6-8-17/h15,18H,4-14,16H2,1-3H3,(H,23,28)(H,24,26). The molecule has 1 aliphatic heterocycles. The lowest BCUT2D eigenvalue weighted by atomic mass is 9.94. The van der Waals surface area contributed by atoms with Crippen molar-refractivity contribution in [1.29, 1.82) is 0 Å². The highest BCUT2D eigenvalue weighted by atomic mass is 16.6. The molecule has 0 aromatic carbocycles. The maximum atomic E-state index is 12.3. The smallest absolute Gasteiger partial charge is 0.407 e. The molecule has 0 unspecified atom stereocenters. The maximum Gasteiger partial charge on any atom is 0.407 e. The minimum atomic E-state index is -0.543. The van der Waals surface area contributed by atoms with Crippen LogP contribution in [0.1, 0.15) is 72.1 Å². The van der Waals surface area contributed by atoms with Gasteiger partial charge >= 0.3 is 6.09 Å². The monoisotopic (exact) mass is 407 g/mol. The zero-order valence-electron chi connectivity index (χ0n) is 18.2. The molecule has 164 valence electrons. The van der Waals surface area contributed by atoms with Crippen LogP contribution in [0.2, 0.25) is 0 Å². The molecule has 0 radical (unpaired) electrons. The summed E-state index contributed by atoms with van der Waals surface area (Å²) >= 11 is 0. The highest BCUT2D eigenvalue weighted by molar-refractivity contribution is 5.88. The zero-order valence-corrected chi connectivity index (χ0v) is 18.2. The van der Waals surface area contributed by atoms with Crippen molar-refractivity contribution in [3.05, 3.63) is 11.6 Å². The van der Waals surface area contributed by atoms with Gasteiger partial charge < -0.3 is 20.3 Å². The number of amides is 3. The molecule has 1 saturated heterocycles. The number of nitrogens with one attached hydrogen (secondary N) is 2. The van der Waals surface area contributed by atoms with Crippen LogP contribution < -0.4 is 10.6 Å². The van der Waals surface area contributed by atoms with Crippen molar-refractivity contribution in [2.24, 2.45) is 5.92 Å². The van der Waals surface area contributed by atoms with Crippen LogP contribution in [0, 0.1) is 5.92 Å². The number of carbonyl (C=O) groups is 3. The Balaban J connectivity index is 1.60. The van der Waals surface area contributed by atoms with Gasteiger partial charge in [0.25, 0.3) is 0 Å². The Morgan fingerprint density at radius 2 is 1.72 bits per heavy atom.